The number of likely N-dealkylation sites (tertiary alicyclic amines) is 1. The lowest BCUT2D eigenvalue weighted by atomic mass is 10.0. The van der Waals surface area contributed by atoms with E-state index in [-0.39, 0.29) is 17.2 Å². The van der Waals surface area contributed by atoms with E-state index in [0.29, 0.717) is 6.04 Å². The van der Waals surface area contributed by atoms with Crippen LogP contribution >= 0.6 is 0 Å². The Hall–Kier alpha value is -1.54. The lowest BCUT2D eigenvalue weighted by Crippen LogP contribution is -3.12. The zero-order chi connectivity index (χ0) is 17.6. The number of hydrogen-bond donors (Lipinski definition) is 2. The van der Waals surface area contributed by atoms with Crippen molar-refractivity contribution in [3.63, 3.8) is 0 Å². The summed E-state index contributed by atoms with van der Waals surface area (Å²) < 4.78 is 0. The minimum Gasteiger partial charge on any atom is -0.395 e. The maximum Gasteiger partial charge on any atom is 0.278 e. The van der Waals surface area contributed by atoms with Crippen LogP contribution in [0.5, 0.6) is 0 Å². The highest BCUT2D eigenvalue weighted by Gasteiger charge is 2.30. The molecule has 0 unspecified atom stereocenters. The van der Waals surface area contributed by atoms with Gasteiger partial charge in [-0.15, -0.1) is 0 Å². The van der Waals surface area contributed by atoms with E-state index in [1.807, 2.05) is 12.1 Å². The summed E-state index contributed by atoms with van der Waals surface area (Å²) in [4.78, 5) is 17.3. The summed E-state index contributed by atoms with van der Waals surface area (Å²) in [7, 11) is 0. The maximum atomic E-state index is 11.2. The fourth-order valence-corrected chi connectivity index (χ4v) is 4.15. The third-order valence-corrected chi connectivity index (χ3v) is 5.63. The topological polar surface area (TPSA) is 74.3 Å². The zero-order valence-electron chi connectivity index (χ0n) is 14.8. The Morgan fingerprint density at radius 3 is 2.48 bits per heavy atom. The normalized spacial score (nSPS) is 25.8. The second kappa shape index (κ2) is 8.71. The molecule has 2 aliphatic rings. The van der Waals surface area contributed by atoms with Crippen molar-refractivity contribution in [3.8, 4) is 0 Å². The lowest BCUT2D eigenvalue weighted by Gasteiger charge is -2.41. The third kappa shape index (κ3) is 4.76. The van der Waals surface area contributed by atoms with E-state index >= 15 is 0 Å². The first kappa shape index (κ1) is 18.3. The molecule has 0 bridgehead atoms. The van der Waals surface area contributed by atoms with Gasteiger partial charge in [-0.2, -0.15) is 0 Å². The number of rotatable bonds is 6. The number of aliphatic hydroxyl groups is 1. The molecule has 138 valence electrons. The molecular weight excluding hydrogens is 320 g/mol. The Morgan fingerprint density at radius 2 is 1.84 bits per heavy atom. The van der Waals surface area contributed by atoms with Crippen LogP contribution in [0.1, 0.15) is 18.4 Å². The van der Waals surface area contributed by atoms with Crippen LogP contribution in [0.4, 0.5) is 5.69 Å². The molecule has 0 amide bonds. The van der Waals surface area contributed by atoms with Crippen LogP contribution in [-0.4, -0.2) is 78.3 Å². The minimum absolute atomic E-state index is 0.243. The number of piperazine rings is 1. The van der Waals surface area contributed by atoms with Gasteiger partial charge < -0.3 is 10.0 Å². The number of β-amino-alcohol motifs (C(OH)–C–C–N with tert-alkyl or cyclic N) is 1. The highest BCUT2D eigenvalue weighted by atomic mass is 16.6. The molecule has 2 N–H and O–H groups in total. The summed E-state index contributed by atoms with van der Waals surface area (Å²) >= 11 is 0. The molecule has 0 aliphatic carbocycles. The van der Waals surface area contributed by atoms with Crippen LogP contribution in [0, 0.1) is 10.1 Å². The molecular formula is C18H29N4O3+. The first-order valence-electron chi connectivity index (χ1n) is 9.30. The Kier molecular flexibility index (Phi) is 6.36. The smallest absolute Gasteiger partial charge is 0.278 e. The van der Waals surface area contributed by atoms with E-state index in [2.05, 4.69) is 9.80 Å². The maximum absolute atomic E-state index is 11.2. The summed E-state index contributed by atoms with van der Waals surface area (Å²) in [5.41, 5.74) is 1.09. The van der Waals surface area contributed by atoms with Gasteiger partial charge in [0.2, 0.25) is 0 Å². The standard InChI is InChI=1S/C18H28N4O3/c23-14-13-19-9-11-21(12-10-19)17-5-7-20(8-6-17)15-16-3-1-2-4-18(16)22(24)25/h1-4,17,23H,5-15H2/p+1. The molecule has 7 heteroatoms. The highest BCUT2D eigenvalue weighted by Crippen LogP contribution is 2.17. The van der Waals surface area contributed by atoms with Crippen molar-refractivity contribution in [1.29, 1.82) is 0 Å². The van der Waals surface area contributed by atoms with Crippen molar-refractivity contribution >= 4 is 5.69 Å². The summed E-state index contributed by atoms with van der Waals surface area (Å²) in [6.07, 6.45) is 2.33. The molecule has 7 nitrogen and oxygen atoms in total. The minimum atomic E-state index is -0.270. The van der Waals surface area contributed by atoms with Crippen molar-refractivity contribution in [2.24, 2.45) is 0 Å². The Balaban J connectivity index is 1.47. The number of aliphatic hydroxyl groups excluding tert-OH is 1. The van der Waals surface area contributed by atoms with Gasteiger partial charge in [-0.25, -0.2) is 0 Å². The van der Waals surface area contributed by atoms with Crippen molar-refractivity contribution in [1.82, 2.24) is 9.80 Å². The van der Waals surface area contributed by atoms with E-state index in [1.54, 1.807) is 12.1 Å². The second-order valence-corrected chi connectivity index (χ2v) is 7.14. The fraction of sp³-hybridized carbons (Fsp3) is 0.667. The van der Waals surface area contributed by atoms with Gasteiger partial charge in [0.05, 0.1) is 30.2 Å². The summed E-state index contributed by atoms with van der Waals surface area (Å²) in [6.45, 7) is 8.19. The average Bonchev–Trinajstić information content (AvgIpc) is 2.64. The molecule has 2 heterocycles. The van der Waals surface area contributed by atoms with E-state index in [4.69, 9.17) is 5.11 Å². The Labute approximate surface area is 149 Å². The van der Waals surface area contributed by atoms with Crippen molar-refractivity contribution < 1.29 is 14.9 Å². The molecule has 0 aromatic heterocycles. The van der Waals surface area contributed by atoms with Gasteiger partial charge in [0.25, 0.3) is 5.69 Å². The van der Waals surface area contributed by atoms with Crippen LogP contribution in [0.25, 0.3) is 0 Å². The van der Waals surface area contributed by atoms with Crippen LogP contribution < -0.4 is 4.90 Å². The number of nitrogens with one attached hydrogen (secondary N) is 1. The van der Waals surface area contributed by atoms with Gasteiger partial charge in [-0.3, -0.25) is 19.9 Å². The number of nitro groups is 1. The molecule has 2 fully saturated rings. The predicted octanol–water partition coefficient (Wildman–Crippen LogP) is -0.248. The van der Waals surface area contributed by atoms with Crippen LogP contribution in [0.2, 0.25) is 0 Å². The highest BCUT2D eigenvalue weighted by molar-refractivity contribution is 5.39. The van der Waals surface area contributed by atoms with Gasteiger partial charge in [0.1, 0.15) is 6.54 Å². The molecule has 0 saturated carbocycles. The third-order valence-electron chi connectivity index (χ3n) is 5.63. The molecule has 1 aromatic carbocycles. The average molecular weight is 349 g/mol. The fourth-order valence-electron chi connectivity index (χ4n) is 4.15. The summed E-state index contributed by atoms with van der Waals surface area (Å²) in [6, 6.07) is 7.76. The molecule has 1 aromatic rings. The lowest BCUT2D eigenvalue weighted by molar-refractivity contribution is -0.919. The first-order chi connectivity index (χ1) is 12.2. The number of benzene rings is 1. The van der Waals surface area contributed by atoms with Gasteiger partial charge >= 0.3 is 0 Å². The van der Waals surface area contributed by atoms with E-state index in [9.17, 15) is 10.1 Å². The van der Waals surface area contributed by atoms with E-state index in [0.717, 1.165) is 70.8 Å². The van der Waals surface area contributed by atoms with E-state index < -0.39 is 0 Å². The molecule has 2 aliphatic heterocycles. The van der Waals surface area contributed by atoms with Crippen molar-refractivity contribution in [2.45, 2.75) is 25.4 Å². The van der Waals surface area contributed by atoms with E-state index in [1.165, 1.54) is 4.90 Å². The summed E-state index contributed by atoms with van der Waals surface area (Å²) in [5, 5.41) is 20.2. The second-order valence-electron chi connectivity index (χ2n) is 7.14. The van der Waals surface area contributed by atoms with Crippen molar-refractivity contribution in [2.75, 3.05) is 52.4 Å². The number of para-hydroxylation sites is 1. The van der Waals surface area contributed by atoms with Gasteiger partial charge in [0.15, 0.2) is 0 Å². The molecule has 3 rings (SSSR count). The summed E-state index contributed by atoms with van der Waals surface area (Å²) in [5.74, 6) is 0. The van der Waals surface area contributed by atoms with Crippen LogP contribution in [-0.2, 0) is 6.54 Å². The molecule has 2 saturated heterocycles. The number of quaternary nitrogens is 1. The molecule has 0 radical (unpaired) electrons. The number of piperidine rings is 1. The number of nitro benzene ring substituents is 1. The Bertz CT molecular complexity index is 567. The first-order valence-corrected chi connectivity index (χ1v) is 9.30. The molecule has 0 spiro atoms. The van der Waals surface area contributed by atoms with Crippen LogP contribution in [0.3, 0.4) is 0 Å². The van der Waals surface area contributed by atoms with Crippen LogP contribution in [0.15, 0.2) is 24.3 Å². The SMILES string of the molecule is O=[N+]([O-])c1ccccc1C[NH+]1CCC(N2CCN(CCO)CC2)CC1. The van der Waals surface area contributed by atoms with Gasteiger partial charge in [0, 0.05) is 57.7 Å². The predicted molar refractivity (Wildman–Crippen MR) is 95.6 cm³/mol. The monoisotopic (exact) mass is 349 g/mol. The number of nitrogens with zero attached hydrogens (tertiary/aromatic N) is 3. The van der Waals surface area contributed by atoms with Gasteiger partial charge in [-0.05, 0) is 6.07 Å². The Morgan fingerprint density at radius 1 is 1.16 bits per heavy atom. The van der Waals surface area contributed by atoms with Crippen molar-refractivity contribution in [3.05, 3.63) is 39.9 Å². The number of hydrogen-bond acceptors (Lipinski definition) is 5. The quantitative estimate of drug-likeness (QED) is 0.547. The molecule has 0 atom stereocenters. The van der Waals surface area contributed by atoms with Gasteiger partial charge in [-0.1, -0.05) is 12.1 Å². The molecule has 25 heavy (non-hydrogen) atoms. The zero-order valence-corrected chi connectivity index (χ0v) is 14.8. The largest absolute Gasteiger partial charge is 0.395 e.